The molecule has 1 fully saturated rings. The molecule has 3 aromatic rings. The number of likely N-dealkylation sites (N-methyl/N-ethyl adjacent to an activating group) is 1. The quantitative estimate of drug-likeness (QED) is 0.204. The van der Waals surface area contributed by atoms with Gasteiger partial charge in [0.05, 0.1) is 17.3 Å². The number of hydrogen-bond acceptors (Lipinski definition) is 4. The van der Waals surface area contributed by atoms with Crippen LogP contribution < -0.4 is 0 Å². The van der Waals surface area contributed by atoms with Crippen LogP contribution in [0, 0.1) is 5.41 Å². The van der Waals surface area contributed by atoms with Gasteiger partial charge in [-0.05, 0) is 106 Å². The zero-order chi connectivity index (χ0) is 33.1. The van der Waals surface area contributed by atoms with Crippen LogP contribution in [0.3, 0.4) is 0 Å². The number of hydrogen-bond donors (Lipinski definition) is 2. The van der Waals surface area contributed by atoms with Crippen molar-refractivity contribution in [3.8, 4) is 0 Å². The third-order valence-corrected chi connectivity index (χ3v) is 10.5. The molecule has 0 spiro atoms. The van der Waals surface area contributed by atoms with E-state index < -0.39 is 34.6 Å². The highest BCUT2D eigenvalue weighted by Gasteiger charge is 2.57. The Bertz CT molecular complexity index is 1550. The lowest BCUT2D eigenvalue weighted by atomic mass is 9.64. The molecule has 0 aromatic heterocycles. The molecule has 0 saturated heterocycles. The molecular weight excluding hydrogens is 587 g/mol. The average Bonchev–Trinajstić information content (AvgIpc) is 3.27. The number of nitrogens with zero attached hydrogens (tertiary/aromatic N) is 1. The average molecular weight is 634 g/mol. The maximum atomic E-state index is 14.1. The first-order chi connectivity index (χ1) is 21.8. The van der Waals surface area contributed by atoms with Crippen LogP contribution >= 0.6 is 0 Å². The van der Waals surface area contributed by atoms with E-state index in [0.29, 0.717) is 44.2 Å². The number of aliphatic hydroxyl groups excluding tert-OH is 1. The zero-order valence-corrected chi connectivity index (χ0v) is 27.1. The van der Waals surface area contributed by atoms with Crippen LogP contribution in [-0.4, -0.2) is 52.7 Å². The summed E-state index contributed by atoms with van der Waals surface area (Å²) in [5.41, 5.74) is 1.76. The third-order valence-electron chi connectivity index (χ3n) is 10.5. The van der Waals surface area contributed by atoms with Crippen LogP contribution in [0.4, 0.5) is 13.2 Å². The van der Waals surface area contributed by atoms with Crippen LogP contribution in [0.5, 0.6) is 0 Å². The van der Waals surface area contributed by atoms with E-state index in [1.807, 2.05) is 37.4 Å². The van der Waals surface area contributed by atoms with Gasteiger partial charge in [0.1, 0.15) is 0 Å². The number of aliphatic hydroxyl groups is 2. The summed E-state index contributed by atoms with van der Waals surface area (Å²) in [6, 6.07) is 20.5. The SMILES string of the molecule is CC1=CCCC2(C)C(CCC2(O)CN(C)CCc2ccccc2)c2ccc(cc2C(=O)c2cccc(C(F)(F)F)c2)CC(O)CC1. The number of allylic oxidation sites excluding steroid dienone is 2. The van der Waals surface area contributed by atoms with Crippen LogP contribution in [0.25, 0.3) is 0 Å². The number of halogens is 3. The molecule has 1 saturated carbocycles. The Hall–Kier alpha value is -3.26. The van der Waals surface area contributed by atoms with Gasteiger partial charge in [0, 0.05) is 29.6 Å². The van der Waals surface area contributed by atoms with Gasteiger partial charge in [-0.2, -0.15) is 13.2 Å². The lowest BCUT2D eigenvalue weighted by Gasteiger charge is -2.45. The number of carbonyl (C=O) groups excluding carboxylic acids is 1. The first-order valence-corrected chi connectivity index (χ1v) is 16.4. The molecule has 6 rings (SSSR count). The Labute approximate surface area is 271 Å². The Morgan fingerprint density at radius 3 is 2.50 bits per heavy atom. The molecule has 46 heavy (non-hydrogen) atoms. The predicted octanol–water partition coefficient (Wildman–Crippen LogP) is 8.15. The summed E-state index contributed by atoms with van der Waals surface area (Å²) in [6.45, 7) is 5.45. The first kappa shape index (κ1) is 34.1. The molecule has 2 N–H and O–H groups in total. The highest BCUT2D eigenvalue weighted by molar-refractivity contribution is 6.10. The number of fused-ring (bicyclic) bond motifs is 8. The number of carbonyl (C=O) groups is 1. The first-order valence-electron chi connectivity index (χ1n) is 16.4. The van der Waals surface area contributed by atoms with Crippen molar-refractivity contribution in [1.82, 2.24) is 4.90 Å². The number of ketones is 1. The van der Waals surface area contributed by atoms with E-state index in [-0.39, 0.29) is 11.5 Å². The van der Waals surface area contributed by atoms with E-state index in [1.165, 1.54) is 23.3 Å². The van der Waals surface area contributed by atoms with Gasteiger partial charge in [0.2, 0.25) is 0 Å². The summed E-state index contributed by atoms with van der Waals surface area (Å²) in [7, 11) is 2.04. The molecule has 4 nitrogen and oxygen atoms in total. The van der Waals surface area contributed by atoms with Crippen molar-refractivity contribution in [3.05, 3.63) is 118 Å². The van der Waals surface area contributed by atoms with Crippen LogP contribution in [0.15, 0.2) is 84.4 Å². The fourth-order valence-electron chi connectivity index (χ4n) is 7.68. The molecule has 0 aliphatic heterocycles. The lowest BCUT2D eigenvalue weighted by molar-refractivity contribution is -0.137. The third kappa shape index (κ3) is 7.48. The smallest absolute Gasteiger partial charge is 0.393 e. The van der Waals surface area contributed by atoms with Gasteiger partial charge in [-0.3, -0.25) is 4.79 Å². The standard InChI is InChI=1S/C39H46F3NO3/c1-27-9-8-20-37(2)35(18-21-38(37,46)26-43(3)22-19-28-10-5-4-6-11-28)33-17-15-29(23-32(44)16-14-27)24-34(33)36(45)30-12-7-13-31(25-30)39(40,41)42/h4-7,9-13,15,17,24-25,32,35,44,46H,8,14,16,18-23,26H2,1-3H3. The van der Waals surface area contributed by atoms with Crippen LogP contribution in [0.2, 0.25) is 0 Å². The van der Waals surface area contributed by atoms with Gasteiger partial charge in [-0.25, -0.2) is 0 Å². The summed E-state index contributed by atoms with van der Waals surface area (Å²) >= 11 is 0. The fraction of sp³-hybridized carbons (Fsp3) is 0.462. The van der Waals surface area contributed by atoms with E-state index in [9.17, 15) is 28.2 Å². The van der Waals surface area contributed by atoms with Gasteiger partial charge < -0.3 is 15.1 Å². The molecule has 0 heterocycles. The van der Waals surface area contributed by atoms with Crippen molar-refractivity contribution in [2.24, 2.45) is 5.41 Å². The summed E-state index contributed by atoms with van der Waals surface area (Å²) < 4.78 is 40.9. The van der Waals surface area contributed by atoms with Crippen LogP contribution in [0.1, 0.15) is 96.5 Å². The van der Waals surface area contributed by atoms with Gasteiger partial charge in [-0.1, -0.05) is 73.2 Å². The van der Waals surface area contributed by atoms with E-state index in [2.05, 4.69) is 37.0 Å². The number of alkyl halides is 3. The van der Waals surface area contributed by atoms with E-state index in [4.69, 9.17) is 0 Å². The number of rotatable bonds is 7. The zero-order valence-electron chi connectivity index (χ0n) is 27.1. The second-order valence-electron chi connectivity index (χ2n) is 13.8. The molecule has 4 unspecified atom stereocenters. The summed E-state index contributed by atoms with van der Waals surface area (Å²) in [6.07, 6.45) is 2.14. The molecule has 3 aliphatic rings. The summed E-state index contributed by atoms with van der Waals surface area (Å²) in [5, 5.41) is 23.4. The fourth-order valence-corrected chi connectivity index (χ4v) is 7.68. The summed E-state index contributed by atoms with van der Waals surface area (Å²) in [4.78, 5) is 16.3. The lowest BCUT2D eigenvalue weighted by Crippen LogP contribution is -2.52. The topological polar surface area (TPSA) is 60.8 Å². The Morgan fingerprint density at radius 2 is 1.76 bits per heavy atom. The second kappa shape index (κ2) is 13.8. The molecule has 7 heteroatoms. The van der Waals surface area contributed by atoms with Crippen molar-refractivity contribution in [3.63, 3.8) is 0 Å². The van der Waals surface area contributed by atoms with Crippen molar-refractivity contribution in [2.45, 2.75) is 89.0 Å². The molecule has 4 atom stereocenters. The second-order valence-corrected chi connectivity index (χ2v) is 13.8. The minimum atomic E-state index is -4.57. The van der Waals surface area contributed by atoms with Crippen molar-refractivity contribution < 1.29 is 28.2 Å². The Balaban J connectivity index is 1.54. The molecular formula is C39H46F3NO3. The normalized spacial score (nSPS) is 25.6. The molecule has 3 aromatic carbocycles. The predicted molar refractivity (Wildman–Crippen MR) is 176 cm³/mol. The van der Waals surface area contributed by atoms with Gasteiger partial charge in [-0.15, -0.1) is 0 Å². The Morgan fingerprint density at radius 1 is 1.00 bits per heavy atom. The maximum absolute atomic E-state index is 14.1. The maximum Gasteiger partial charge on any atom is 0.416 e. The van der Waals surface area contributed by atoms with E-state index in [0.717, 1.165) is 49.1 Å². The number of benzene rings is 3. The molecule has 2 bridgehead atoms. The monoisotopic (exact) mass is 633 g/mol. The highest BCUT2D eigenvalue weighted by Crippen LogP contribution is 2.58. The van der Waals surface area contributed by atoms with E-state index in [1.54, 1.807) is 6.07 Å². The Kier molecular flexibility index (Phi) is 10.3. The van der Waals surface area contributed by atoms with Crippen molar-refractivity contribution in [1.29, 1.82) is 0 Å². The van der Waals surface area contributed by atoms with Gasteiger partial charge >= 0.3 is 6.18 Å². The molecule has 0 amide bonds. The van der Waals surface area contributed by atoms with Crippen LogP contribution in [-0.2, 0) is 19.0 Å². The minimum absolute atomic E-state index is 0.0240. The summed E-state index contributed by atoms with van der Waals surface area (Å²) in [5.74, 6) is -0.668. The van der Waals surface area contributed by atoms with Gasteiger partial charge in [0.15, 0.2) is 5.78 Å². The largest absolute Gasteiger partial charge is 0.416 e. The van der Waals surface area contributed by atoms with Crippen molar-refractivity contribution >= 4 is 5.78 Å². The minimum Gasteiger partial charge on any atom is -0.393 e. The van der Waals surface area contributed by atoms with Crippen molar-refractivity contribution in [2.75, 3.05) is 20.1 Å². The van der Waals surface area contributed by atoms with E-state index >= 15 is 0 Å². The molecule has 246 valence electrons. The molecule has 0 radical (unpaired) electrons. The molecule has 3 aliphatic carbocycles. The highest BCUT2D eigenvalue weighted by atomic mass is 19.4. The van der Waals surface area contributed by atoms with Gasteiger partial charge in [0.25, 0.3) is 0 Å².